The quantitative estimate of drug-likeness (QED) is 0.841. The fourth-order valence-corrected chi connectivity index (χ4v) is 3.65. The van der Waals surface area contributed by atoms with Crippen LogP contribution in [0.25, 0.3) is 5.57 Å². The summed E-state index contributed by atoms with van der Waals surface area (Å²) in [6.07, 6.45) is 5.72. The van der Waals surface area contributed by atoms with Crippen LogP contribution < -0.4 is 5.32 Å². The summed E-state index contributed by atoms with van der Waals surface area (Å²) in [4.78, 5) is 15.0. The first-order valence-electron chi connectivity index (χ1n) is 8.29. The third-order valence-corrected chi connectivity index (χ3v) is 4.61. The van der Waals surface area contributed by atoms with Gasteiger partial charge in [0.05, 0.1) is 16.8 Å². The molecule has 0 spiro atoms. The van der Waals surface area contributed by atoms with Crippen LogP contribution in [0.15, 0.2) is 18.2 Å². The van der Waals surface area contributed by atoms with Crippen molar-refractivity contribution < 1.29 is 4.79 Å². The van der Waals surface area contributed by atoms with Crippen LogP contribution in [0.2, 0.25) is 0 Å². The number of fused-ring (bicyclic) bond motifs is 1. The average Bonchev–Trinajstić information content (AvgIpc) is 2.47. The molecule has 118 valence electrons. The smallest absolute Gasteiger partial charge is 0.255 e. The maximum absolute atomic E-state index is 13.0. The van der Waals surface area contributed by atoms with Crippen molar-refractivity contribution in [1.82, 2.24) is 4.90 Å². The van der Waals surface area contributed by atoms with E-state index in [4.69, 9.17) is 0 Å². The van der Waals surface area contributed by atoms with Crippen molar-refractivity contribution in [2.24, 2.45) is 0 Å². The van der Waals surface area contributed by atoms with Crippen molar-refractivity contribution >= 4 is 17.2 Å². The molecule has 0 aliphatic carbocycles. The molecule has 0 aromatic heterocycles. The van der Waals surface area contributed by atoms with E-state index in [2.05, 4.69) is 45.2 Å². The van der Waals surface area contributed by atoms with Gasteiger partial charge in [-0.3, -0.25) is 4.79 Å². The van der Waals surface area contributed by atoms with E-state index in [0.29, 0.717) is 0 Å². The molecular weight excluding hydrogens is 272 g/mol. The molecule has 2 heterocycles. The fourth-order valence-electron chi connectivity index (χ4n) is 3.65. The molecular formula is C19H26N2O. The predicted molar refractivity (Wildman–Crippen MR) is 92.3 cm³/mol. The normalized spacial score (nSPS) is 20.0. The van der Waals surface area contributed by atoms with Crippen LogP contribution >= 0.6 is 0 Å². The molecule has 3 rings (SSSR count). The van der Waals surface area contributed by atoms with Gasteiger partial charge in [-0.05, 0) is 70.2 Å². The fraction of sp³-hybridized carbons (Fsp3) is 0.526. The molecule has 1 saturated heterocycles. The highest BCUT2D eigenvalue weighted by molar-refractivity contribution is 6.03. The van der Waals surface area contributed by atoms with E-state index in [1.165, 1.54) is 17.6 Å². The van der Waals surface area contributed by atoms with E-state index in [-0.39, 0.29) is 11.4 Å². The maximum atomic E-state index is 13.0. The number of likely N-dealkylation sites (tertiary alicyclic amines) is 1. The van der Waals surface area contributed by atoms with Crippen LogP contribution in [0.3, 0.4) is 0 Å². The van der Waals surface area contributed by atoms with Crippen molar-refractivity contribution in [1.29, 1.82) is 0 Å². The Balaban J connectivity index is 2.05. The monoisotopic (exact) mass is 298 g/mol. The first-order chi connectivity index (χ1) is 10.4. The topological polar surface area (TPSA) is 32.3 Å². The van der Waals surface area contributed by atoms with Crippen molar-refractivity contribution in [2.45, 2.75) is 52.5 Å². The maximum Gasteiger partial charge on any atom is 0.255 e. The highest BCUT2D eigenvalue weighted by atomic mass is 16.2. The van der Waals surface area contributed by atoms with Crippen LogP contribution in [0.4, 0.5) is 5.69 Å². The molecule has 1 aromatic carbocycles. The second-order valence-corrected chi connectivity index (χ2v) is 7.26. The molecule has 0 unspecified atom stereocenters. The Morgan fingerprint density at radius 3 is 2.50 bits per heavy atom. The van der Waals surface area contributed by atoms with Crippen LogP contribution in [-0.4, -0.2) is 29.4 Å². The minimum absolute atomic E-state index is 0.122. The van der Waals surface area contributed by atoms with E-state index in [1.807, 2.05) is 11.0 Å². The summed E-state index contributed by atoms with van der Waals surface area (Å²) in [6, 6.07) is 4.22. The molecule has 2 aliphatic rings. The largest absolute Gasteiger partial charge is 0.376 e. The van der Waals surface area contributed by atoms with Gasteiger partial charge in [0.2, 0.25) is 0 Å². The summed E-state index contributed by atoms with van der Waals surface area (Å²) in [5, 5.41) is 3.56. The number of hydrogen-bond donors (Lipinski definition) is 1. The van der Waals surface area contributed by atoms with Gasteiger partial charge < -0.3 is 10.2 Å². The summed E-state index contributed by atoms with van der Waals surface area (Å²) in [5.74, 6) is 0.178. The molecule has 3 heteroatoms. The minimum Gasteiger partial charge on any atom is -0.376 e. The zero-order chi connectivity index (χ0) is 15.9. The summed E-state index contributed by atoms with van der Waals surface area (Å²) in [6.45, 7) is 10.3. The van der Waals surface area contributed by atoms with E-state index in [9.17, 15) is 4.79 Å². The predicted octanol–water partition coefficient (Wildman–Crippen LogP) is 4.23. The lowest BCUT2D eigenvalue weighted by molar-refractivity contribution is 0.0725. The van der Waals surface area contributed by atoms with Gasteiger partial charge in [-0.2, -0.15) is 0 Å². The number of carbonyl (C=O) groups excluding carboxylic acids is 1. The number of anilines is 1. The molecule has 1 fully saturated rings. The SMILES string of the molecule is CC1=CC(C)(C)Nc2c(C(=O)N3CCCCC3)cc(C)cc21. The standard InChI is InChI=1S/C19H26N2O/c1-13-10-15-14(2)12-19(3,4)20-17(15)16(11-13)18(22)21-8-6-5-7-9-21/h10-12,20H,5-9H2,1-4H3. The Bertz CT molecular complexity index is 637. The van der Waals surface area contributed by atoms with Gasteiger partial charge in [0.15, 0.2) is 0 Å². The first kappa shape index (κ1) is 15.1. The van der Waals surface area contributed by atoms with Gasteiger partial charge in [-0.15, -0.1) is 0 Å². The average molecular weight is 298 g/mol. The Hall–Kier alpha value is -1.77. The lowest BCUT2D eigenvalue weighted by Crippen LogP contribution is -2.38. The number of nitrogens with zero attached hydrogens (tertiary/aromatic N) is 1. The van der Waals surface area contributed by atoms with E-state index >= 15 is 0 Å². The summed E-state index contributed by atoms with van der Waals surface area (Å²) >= 11 is 0. The van der Waals surface area contributed by atoms with Crippen molar-refractivity contribution in [3.63, 3.8) is 0 Å². The molecule has 2 aliphatic heterocycles. The number of piperidine rings is 1. The van der Waals surface area contributed by atoms with E-state index in [0.717, 1.165) is 42.7 Å². The number of carbonyl (C=O) groups is 1. The Labute approximate surface area is 133 Å². The van der Waals surface area contributed by atoms with Gasteiger partial charge in [-0.25, -0.2) is 0 Å². The summed E-state index contributed by atoms with van der Waals surface area (Å²) in [7, 11) is 0. The molecule has 1 aromatic rings. The third kappa shape index (κ3) is 2.77. The highest BCUT2D eigenvalue weighted by Gasteiger charge is 2.29. The molecule has 1 N–H and O–H groups in total. The Kier molecular flexibility index (Phi) is 3.75. The number of hydrogen-bond acceptors (Lipinski definition) is 2. The van der Waals surface area contributed by atoms with E-state index in [1.54, 1.807) is 0 Å². The van der Waals surface area contributed by atoms with Gasteiger partial charge in [0.25, 0.3) is 5.91 Å². The molecule has 0 bridgehead atoms. The number of aryl methyl sites for hydroxylation is 1. The summed E-state index contributed by atoms with van der Waals surface area (Å²) in [5.41, 5.74) is 5.27. The van der Waals surface area contributed by atoms with Gasteiger partial charge in [-0.1, -0.05) is 6.08 Å². The zero-order valence-corrected chi connectivity index (χ0v) is 14.1. The number of rotatable bonds is 1. The molecule has 1 amide bonds. The number of benzene rings is 1. The number of nitrogens with one attached hydrogen (secondary N) is 1. The highest BCUT2D eigenvalue weighted by Crippen LogP contribution is 2.37. The third-order valence-electron chi connectivity index (χ3n) is 4.61. The lowest BCUT2D eigenvalue weighted by atomic mass is 9.88. The van der Waals surface area contributed by atoms with Gasteiger partial charge in [0, 0.05) is 18.7 Å². The second-order valence-electron chi connectivity index (χ2n) is 7.26. The van der Waals surface area contributed by atoms with Crippen LogP contribution in [0.5, 0.6) is 0 Å². The molecule has 0 saturated carbocycles. The van der Waals surface area contributed by atoms with Gasteiger partial charge in [0.1, 0.15) is 0 Å². The number of allylic oxidation sites excluding steroid dienone is 1. The van der Waals surface area contributed by atoms with Crippen molar-refractivity contribution in [3.05, 3.63) is 34.9 Å². The van der Waals surface area contributed by atoms with Crippen molar-refractivity contribution in [3.8, 4) is 0 Å². The molecule has 0 atom stereocenters. The second kappa shape index (κ2) is 5.45. The molecule has 3 nitrogen and oxygen atoms in total. The van der Waals surface area contributed by atoms with Crippen LogP contribution in [0.1, 0.15) is 61.5 Å². The number of amides is 1. The van der Waals surface area contributed by atoms with E-state index < -0.39 is 0 Å². The Morgan fingerprint density at radius 2 is 1.82 bits per heavy atom. The van der Waals surface area contributed by atoms with Gasteiger partial charge >= 0.3 is 0 Å². The Morgan fingerprint density at radius 1 is 1.14 bits per heavy atom. The first-order valence-corrected chi connectivity index (χ1v) is 8.29. The van der Waals surface area contributed by atoms with Crippen LogP contribution in [0, 0.1) is 6.92 Å². The lowest BCUT2D eigenvalue weighted by Gasteiger charge is -2.34. The van der Waals surface area contributed by atoms with Crippen LogP contribution in [-0.2, 0) is 0 Å². The van der Waals surface area contributed by atoms with Crippen molar-refractivity contribution in [2.75, 3.05) is 18.4 Å². The summed E-state index contributed by atoms with van der Waals surface area (Å²) < 4.78 is 0. The molecule has 22 heavy (non-hydrogen) atoms. The molecule has 0 radical (unpaired) electrons. The minimum atomic E-state index is -0.122. The zero-order valence-electron chi connectivity index (χ0n) is 14.1.